The summed E-state index contributed by atoms with van der Waals surface area (Å²) < 4.78 is 30.1. The van der Waals surface area contributed by atoms with Gasteiger partial charge in [-0.15, -0.1) is 0 Å². The van der Waals surface area contributed by atoms with Crippen molar-refractivity contribution in [2.75, 3.05) is 25.4 Å². The van der Waals surface area contributed by atoms with Gasteiger partial charge in [0.05, 0.1) is 24.4 Å². The third-order valence-electron chi connectivity index (χ3n) is 2.69. The maximum atomic E-state index is 11.8. The molecule has 1 aliphatic heterocycles. The van der Waals surface area contributed by atoms with Crippen LogP contribution < -0.4 is 0 Å². The van der Waals surface area contributed by atoms with Gasteiger partial charge < -0.3 is 9.84 Å². The Labute approximate surface area is 102 Å². The molecule has 0 amide bonds. The van der Waals surface area contributed by atoms with Crippen LogP contribution in [0, 0.1) is 5.92 Å². The Hall–Kier alpha value is -0.660. The third-order valence-corrected chi connectivity index (χ3v) is 4.49. The molecule has 1 saturated heterocycles. The van der Waals surface area contributed by atoms with E-state index < -0.39 is 21.9 Å². The lowest BCUT2D eigenvalue weighted by Gasteiger charge is -2.16. The Bertz CT molecular complexity index is 365. The van der Waals surface area contributed by atoms with E-state index in [0.29, 0.717) is 13.0 Å². The van der Waals surface area contributed by atoms with E-state index in [9.17, 15) is 13.2 Å². The summed E-state index contributed by atoms with van der Waals surface area (Å²) in [5, 5.41) is 8.80. The fourth-order valence-corrected chi connectivity index (χ4v) is 3.06. The van der Waals surface area contributed by atoms with E-state index in [0.717, 1.165) is 0 Å². The number of hydrogen-bond acceptors (Lipinski definition) is 4. The fraction of sp³-hybridized carbons (Fsp3) is 0.900. The molecule has 0 radical (unpaired) electrons. The van der Waals surface area contributed by atoms with Gasteiger partial charge in [0.15, 0.2) is 0 Å². The predicted octanol–water partition coefficient (Wildman–Crippen LogP) is 0.148. The number of aliphatic carboxylic acids is 1. The van der Waals surface area contributed by atoms with Crippen LogP contribution in [-0.2, 0) is 19.6 Å². The van der Waals surface area contributed by atoms with Crippen molar-refractivity contribution in [2.45, 2.75) is 26.4 Å². The van der Waals surface area contributed by atoms with Gasteiger partial charge in [0, 0.05) is 13.1 Å². The maximum absolute atomic E-state index is 11.8. The number of carboxylic acid groups (broad SMARTS) is 1. The van der Waals surface area contributed by atoms with Gasteiger partial charge in [0.1, 0.15) is 0 Å². The van der Waals surface area contributed by atoms with E-state index in [-0.39, 0.29) is 25.0 Å². The van der Waals surface area contributed by atoms with Crippen LogP contribution >= 0.6 is 0 Å². The van der Waals surface area contributed by atoms with Gasteiger partial charge in [0.25, 0.3) is 0 Å². The molecule has 1 heterocycles. The molecule has 6 nitrogen and oxygen atoms in total. The minimum Gasteiger partial charge on any atom is -0.481 e. The molecule has 1 atom stereocenters. The average molecular weight is 265 g/mol. The highest BCUT2D eigenvalue weighted by molar-refractivity contribution is 7.89. The number of carboxylic acids is 1. The number of hydrogen-bond donors (Lipinski definition) is 1. The van der Waals surface area contributed by atoms with Gasteiger partial charge in [-0.1, -0.05) is 0 Å². The number of nitrogens with zero attached hydrogens (tertiary/aromatic N) is 1. The summed E-state index contributed by atoms with van der Waals surface area (Å²) in [4.78, 5) is 10.7. The molecule has 0 aliphatic carbocycles. The Morgan fingerprint density at radius 3 is 2.65 bits per heavy atom. The first-order valence-electron chi connectivity index (χ1n) is 5.65. The highest BCUT2D eigenvalue weighted by Crippen LogP contribution is 2.19. The monoisotopic (exact) mass is 265 g/mol. The minimum atomic E-state index is -3.38. The van der Waals surface area contributed by atoms with Crippen molar-refractivity contribution in [3.8, 4) is 0 Å². The molecule has 1 fully saturated rings. The molecule has 0 aromatic heterocycles. The molecule has 17 heavy (non-hydrogen) atoms. The second kappa shape index (κ2) is 5.79. The molecule has 0 aromatic carbocycles. The number of carbonyl (C=O) groups is 1. The van der Waals surface area contributed by atoms with Crippen LogP contribution in [0.15, 0.2) is 0 Å². The van der Waals surface area contributed by atoms with Gasteiger partial charge in [-0.05, 0) is 20.3 Å². The maximum Gasteiger partial charge on any atom is 0.307 e. The zero-order valence-electron chi connectivity index (χ0n) is 10.1. The summed E-state index contributed by atoms with van der Waals surface area (Å²) in [6.07, 6.45) is 0.384. The van der Waals surface area contributed by atoms with E-state index in [1.54, 1.807) is 0 Å². The highest BCUT2D eigenvalue weighted by Gasteiger charge is 2.34. The van der Waals surface area contributed by atoms with Crippen LogP contribution in [0.2, 0.25) is 0 Å². The van der Waals surface area contributed by atoms with E-state index >= 15 is 0 Å². The Kier molecular flexibility index (Phi) is 4.91. The average Bonchev–Trinajstić information content (AvgIpc) is 2.65. The van der Waals surface area contributed by atoms with Crippen LogP contribution in [0.1, 0.15) is 20.3 Å². The number of rotatable bonds is 6. The van der Waals surface area contributed by atoms with Crippen LogP contribution in [0.3, 0.4) is 0 Å². The number of sulfonamides is 1. The molecule has 100 valence electrons. The van der Waals surface area contributed by atoms with Crippen molar-refractivity contribution < 1.29 is 23.1 Å². The molecule has 0 saturated carbocycles. The highest BCUT2D eigenvalue weighted by atomic mass is 32.2. The number of ether oxygens (including phenoxy) is 1. The van der Waals surface area contributed by atoms with Crippen molar-refractivity contribution in [2.24, 2.45) is 5.92 Å². The molecule has 7 heteroatoms. The van der Waals surface area contributed by atoms with Gasteiger partial charge in [-0.25, -0.2) is 12.7 Å². The molecule has 0 spiro atoms. The zero-order chi connectivity index (χ0) is 13.1. The Balaban J connectivity index is 2.46. The topological polar surface area (TPSA) is 83.9 Å². The summed E-state index contributed by atoms with van der Waals surface area (Å²) in [5.41, 5.74) is 0. The standard InChI is InChI=1S/C10H19NO5S/c1-8(2)16-5-6-17(14,15)11-4-3-9(7-11)10(12)13/h8-9H,3-7H2,1-2H3,(H,12,13). The minimum absolute atomic E-state index is 0.00412. The van der Waals surface area contributed by atoms with Crippen molar-refractivity contribution >= 4 is 16.0 Å². The van der Waals surface area contributed by atoms with Gasteiger partial charge in [0.2, 0.25) is 10.0 Å². The molecule has 0 bridgehead atoms. The summed E-state index contributed by atoms with van der Waals surface area (Å²) in [6.45, 7) is 4.19. The zero-order valence-corrected chi connectivity index (χ0v) is 10.9. The van der Waals surface area contributed by atoms with E-state index in [1.165, 1.54) is 4.31 Å². The quantitative estimate of drug-likeness (QED) is 0.739. The molecular formula is C10H19NO5S. The van der Waals surface area contributed by atoms with Crippen molar-refractivity contribution in [1.29, 1.82) is 0 Å². The van der Waals surface area contributed by atoms with Gasteiger partial charge in [-0.2, -0.15) is 0 Å². The second-order valence-electron chi connectivity index (χ2n) is 4.42. The molecular weight excluding hydrogens is 246 g/mol. The van der Waals surface area contributed by atoms with Crippen molar-refractivity contribution in [3.63, 3.8) is 0 Å². The summed E-state index contributed by atoms with van der Waals surface area (Å²) in [6, 6.07) is 0. The molecule has 1 unspecified atom stereocenters. The van der Waals surface area contributed by atoms with E-state index in [4.69, 9.17) is 9.84 Å². The van der Waals surface area contributed by atoms with E-state index in [2.05, 4.69) is 0 Å². The Morgan fingerprint density at radius 2 is 2.18 bits per heavy atom. The van der Waals surface area contributed by atoms with Crippen molar-refractivity contribution in [1.82, 2.24) is 4.31 Å². The summed E-state index contributed by atoms with van der Waals surface area (Å²) >= 11 is 0. The Morgan fingerprint density at radius 1 is 1.53 bits per heavy atom. The molecule has 1 N–H and O–H groups in total. The predicted molar refractivity (Wildman–Crippen MR) is 62.2 cm³/mol. The van der Waals surface area contributed by atoms with Crippen LogP contribution in [-0.4, -0.2) is 55.4 Å². The fourth-order valence-electron chi connectivity index (χ4n) is 1.70. The second-order valence-corrected chi connectivity index (χ2v) is 6.51. The first-order chi connectivity index (χ1) is 7.83. The van der Waals surface area contributed by atoms with Gasteiger partial charge in [-0.3, -0.25) is 4.79 Å². The SMILES string of the molecule is CC(C)OCCS(=O)(=O)N1CCC(C(=O)O)C1. The smallest absolute Gasteiger partial charge is 0.307 e. The van der Waals surface area contributed by atoms with Crippen LogP contribution in [0.25, 0.3) is 0 Å². The van der Waals surface area contributed by atoms with Crippen molar-refractivity contribution in [3.05, 3.63) is 0 Å². The lowest BCUT2D eigenvalue weighted by atomic mass is 10.1. The third kappa shape index (κ3) is 4.25. The van der Waals surface area contributed by atoms with Gasteiger partial charge >= 0.3 is 5.97 Å². The largest absolute Gasteiger partial charge is 0.481 e. The molecule has 1 aliphatic rings. The first-order valence-corrected chi connectivity index (χ1v) is 7.26. The van der Waals surface area contributed by atoms with E-state index in [1.807, 2.05) is 13.8 Å². The normalized spacial score (nSPS) is 22.2. The summed E-state index contributed by atoms with van der Waals surface area (Å²) in [5.74, 6) is -1.59. The molecule has 0 aromatic rings. The molecule has 1 rings (SSSR count). The van der Waals surface area contributed by atoms with Crippen LogP contribution in [0.4, 0.5) is 0 Å². The summed E-state index contributed by atoms with van der Waals surface area (Å²) in [7, 11) is -3.38. The lowest BCUT2D eigenvalue weighted by Crippen LogP contribution is -2.33. The first kappa shape index (κ1) is 14.4. The lowest BCUT2D eigenvalue weighted by molar-refractivity contribution is -0.141. The van der Waals surface area contributed by atoms with Crippen LogP contribution in [0.5, 0.6) is 0 Å².